The van der Waals surface area contributed by atoms with E-state index in [2.05, 4.69) is 17.5 Å². The summed E-state index contributed by atoms with van der Waals surface area (Å²) in [5, 5.41) is 9.07. The molecule has 0 fully saturated rings. The molecule has 26 heavy (non-hydrogen) atoms. The third kappa shape index (κ3) is 6.30. The van der Waals surface area contributed by atoms with E-state index in [1.54, 1.807) is 38.1 Å². The van der Waals surface area contributed by atoms with Gasteiger partial charge in [0.25, 0.3) is 0 Å². The molecule has 0 amide bonds. The third-order valence-electron chi connectivity index (χ3n) is 3.90. The molecule has 0 radical (unpaired) electrons. The quantitative estimate of drug-likeness (QED) is 0.310. The first-order valence-electron chi connectivity index (χ1n) is 8.23. The highest BCUT2D eigenvalue weighted by Crippen LogP contribution is 2.18. The van der Waals surface area contributed by atoms with Crippen molar-refractivity contribution in [2.24, 2.45) is 0 Å². The molecule has 7 heteroatoms. The van der Waals surface area contributed by atoms with Crippen molar-refractivity contribution in [2.45, 2.75) is 38.8 Å². The van der Waals surface area contributed by atoms with E-state index in [4.69, 9.17) is 16.9 Å². The van der Waals surface area contributed by atoms with Crippen molar-refractivity contribution in [2.75, 3.05) is 18.6 Å². The van der Waals surface area contributed by atoms with Gasteiger partial charge in [-0.1, -0.05) is 36.7 Å². The molecular formula is C19H25ClN2O2SSi. The number of benzene rings is 1. The zero-order valence-electron chi connectivity index (χ0n) is 15.9. The summed E-state index contributed by atoms with van der Waals surface area (Å²) in [6, 6.07) is 8.80. The fraction of sp³-hybridized carbons (Fsp3) is 0.421. The van der Waals surface area contributed by atoms with Gasteiger partial charge in [-0.2, -0.15) is 9.57 Å². The molecule has 0 aliphatic rings. The van der Waals surface area contributed by atoms with Crippen LogP contribution in [0.3, 0.4) is 0 Å². The minimum Gasteiger partial charge on any atom is -0.207 e. The van der Waals surface area contributed by atoms with Crippen molar-refractivity contribution in [3.63, 3.8) is 0 Å². The summed E-state index contributed by atoms with van der Waals surface area (Å²) in [7, 11) is -5.55. The van der Waals surface area contributed by atoms with Gasteiger partial charge in [0.15, 0.2) is 0 Å². The Morgan fingerprint density at radius 1 is 1.23 bits per heavy atom. The molecule has 1 aromatic carbocycles. The van der Waals surface area contributed by atoms with Gasteiger partial charge in [-0.05, 0) is 38.5 Å². The Morgan fingerprint density at radius 3 is 2.31 bits per heavy atom. The molecule has 0 N–H and O–H groups in total. The van der Waals surface area contributed by atoms with E-state index in [1.165, 1.54) is 4.31 Å². The molecule has 0 heterocycles. The van der Waals surface area contributed by atoms with Crippen molar-refractivity contribution < 1.29 is 8.42 Å². The summed E-state index contributed by atoms with van der Waals surface area (Å²) < 4.78 is 27.4. The van der Waals surface area contributed by atoms with Crippen molar-refractivity contribution in [1.29, 1.82) is 5.26 Å². The molecule has 0 bridgehead atoms. The highest BCUT2D eigenvalue weighted by molar-refractivity contribution is 7.89. The maximum Gasteiger partial charge on any atom is 0.244 e. The number of nitrogens with zero attached hydrogens (tertiary/aromatic N) is 2. The van der Waals surface area contributed by atoms with Crippen molar-refractivity contribution in [3.05, 3.63) is 41.0 Å². The maximum atomic E-state index is 13.1. The number of allylic oxidation sites excluding steroid dienone is 1. The average Bonchev–Trinajstić information content (AvgIpc) is 2.60. The number of rotatable bonds is 6. The van der Waals surface area contributed by atoms with Crippen LogP contribution in [0.25, 0.3) is 0 Å². The van der Waals surface area contributed by atoms with Crippen LogP contribution >= 0.6 is 11.6 Å². The SMILES string of the molecule is C/C(C#N)=C(/C)CN(CC#C[Si](C)(C)CCl)S(=O)(=O)c1ccc(C)cc1. The van der Waals surface area contributed by atoms with Crippen LogP contribution < -0.4 is 0 Å². The van der Waals surface area contributed by atoms with E-state index >= 15 is 0 Å². The van der Waals surface area contributed by atoms with Gasteiger partial charge in [0.05, 0.1) is 17.5 Å². The van der Waals surface area contributed by atoms with E-state index in [0.29, 0.717) is 16.6 Å². The second-order valence-corrected chi connectivity index (χ2v) is 13.9. The molecule has 0 saturated heterocycles. The zero-order chi connectivity index (χ0) is 20.0. The Labute approximate surface area is 163 Å². The first-order chi connectivity index (χ1) is 12.0. The summed E-state index contributed by atoms with van der Waals surface area (Å²) in [5.41, 5.74) is 5.86. The van der Waals surface area contributed by atoms with Crippen molar-refractivity contribution >= 4 is 29.7 Å². The monoisotopic (exact) mass is 408 g/mol. The van der Waals surface area contributed by atoms with Gasteiger partial charge >= 0.3 is 0 Å². The highest BCUT2D eigenvalue weighted by atomic mass is 35.5. The first-order valence-corrected chi connectivity index (χ1v) is 13.4. The molecule has 0 atom stereocenters. The lowest BCUT2D eigenvalue weighted by atomic mass is 10.2. The second-order valence-electron chi connectivity index (χ2n) is 6.92. The lowest BCUT2D eigenvalue weighted by molar-refractivity contribution is 0.470. The molecule has 140 valence electrons. The van der Waals surface area contributed by atoms with Crippen LogP contribution in [0.5, 0.6) is 0 Å². The molecule has 0 unspecified atom stereocenters. The third-order valence-corrected chi connectivity index (χ3v) is 9.23. The van der Waals surface area contributed by atoms with Gasteiger partial charge in [-0.3, -0.25) is 0 Å². The van der Waals surface area contributed by atoms with Gasteiger partial charge in [-0.25, -0.2) is 8.42 Å². The number of halogens is 1. The molecule has 0 aliphatic heterocycles. The van der Waals surface area contributed by atoms with Crippen LogP contribution in [0, 0.1) is 29.7 Å². The average molecular weight is 409 g/mol. The standard InChI is InChI=1S/C19H25ClN2O2SSi/c1-16-7-9-19(10-8-16)25(23,24)22(14-18(3)17(2)13-21)11-6-12-26(4,5)15-20/h7-10H,11,14-15H2,1-5H3/b18-17+. The predicted molar refractivity (Wildman–Crippen MR) is 110 cm³/mol. The van der Waals surface area contributed by atoms with Crippen LogP contribution in [0.15, 0.2) is 40.3 Å². The fourth-order valence-electron chi connectivity index (χ4n) is 1.96. The van der Waals surface area contributed by atoms with Crippen LogP contribution in [-0.4, -0.2) is 39.4 Å². The minimum atomic E-state index is -3.71. The summed E-state index contributed by atoms with van der Waals surface area (Å²) in [5.74, 6) is 2.99. The number of alkyl halides is 1. The van der Waals surface area contributed by atoms with Gasteiger partial charge in [-0.15, -0.1) is 17.1 Å². The van der Waals surface area contributed by atoms with E-state index < -0.39 is 18.1 Å². The van der Waals surface area contributed by atoms with Crippen LogP contribution in [0.2, 0.25) is 13.1 Å². The maximum absolute atomic E-state index is 13.1. The van der Waals surface area contributed by atoms with E-state index in [9.17, 15) is 8.42 Å². The lowest BCUT2D eigenvalue weighted by Gasteiger charge is -2.21. The Morgan fingerprint density at radius 2 is 1.81 bits per heavy atom. The summed E-state index contributed by atoms with van der Waals surface area (Å²) in [6.07, 6.45) is 0. The van der Waals surface area contributed by atoms with Crippen LogP contribution in [0.1, 0.15) is 19.4 Å². The van der Waals surface area contributed by atoms with Crippen LogP contribution in [0.4, 0.5) is 0 Å². The van der Waals surface area contributed by atoms with Gasteiger partial charge in [0.2, 0.25) is 10.0 Å². The summed E-state index contributed by atoms with van der Waals surface area (Å²) in [6.45, 7) is 9.63. The number of hydrogen-bond donors (Lipinski definition) is 0. The first kappa shape index (κ1) is 22.5. The highest BCUT2D eigenvalue weighted by Gasteiger charge is 2.25. The van der Waals surface area contributed by atoms with E-state index in [-0.39, 0.29) is 18.0 Å². The zero-order valence-corrected chi connectivity index (χ0v) is 18.5. The van der Waals surface area contributed by atoms with Crippen LogP contribution in [-0.2, 0) is 10.0 Å². The van der Waals surface area contributed by atoms with Crippen molar-refractivity contribution in [1.82, 2.24) is 4.31 Å². The molecule has 0 spiro atoms. The predicted octanol–water partition coefficient (Wildman–Crippen LogP) is 3.87. The number of nitriles is 1. The topological polar surface area (TPSA) is 61.2 Å². The second kappa shape index (κ2) is 9.39. The van der Waals surface area contributed by atoms with E-state index in [0.717, 1.165) is 5.56 Å². The molecule has 4 nitrogen and oxygen atoms in total. The van der Waals surface area contributed by atoms with E-state index in [1.807, 2.05) is 20.0 Å². The molecule has 0 saturated carbocycles. The smallest absolute Gasteiger partial charge is 0.207 e. The number of sulfonamides is 1. The molecule has 1 rings (SSSR count). The molecule has 1 aromatic rings. The van der Waals surface area contributed by atoms with Gasteiger partial charge in [0, 0.05) is 17.6 Å². The fourth-order valence-corrected chi connectivity index (χ4v) is 4.17. The summed E-state index contributed by atoms with van der Waals surface area (Å²) in [4.78, 5) is 0.223. The molecule has 0 aromatic heterocycles. The molecular weight excluding hydrogens is 384 g/mol. The largest absolute Gasteiger partial charge is 0.244 e. The molecule has 0 aliphatic carbocycles. The Balaban J connectivity index is 3.27. The van der Waals surface area contributed by atoms with Gasteiger partial charge < -0.3 is 0 Å². The Bertz CT molecular complexity index is 873. The lowest BCUT2D eigenvalue weighted by Crippen LogP contribution is -2.34. The number of hydrogen-bond acceptors (Lipinski definition) is 3. The Kier molecular flexibility index (Phi) is 8.11. The summed E-state index contributed by atoms with van der Waals surface area (Å²) >= 11 is 5.94. The normalized spacial score (nSPS) is 12.8. The number of aryl methyl sites for hydroxylation is 1. The Hall–Kier alpha value is -1.57. The van der Waals surface area contributed by atoms with Crippen molar-refractivity contribution in [3.8, 4) is 17.5 Å². The minimum absolute atomic E-state index is 0.0690. The van der Waals surface area contributed by atoms with Gasteiger partial charge in [0.1, 0.15) is 8.07 Å².